The second-order valence-corrected chi connectivity index (χ2v) is 8.15. The van der Waals surface area contributed by atoms with Crippen LogP contribution >= 0.6 is 0 Å². The molecule has 1 heterocycles. The van der Waals surface area contributed by atoms with Crippen LogP contribution < -0.4 is 10.6 Å². The first-order valence-electron chi connectivity index (χ1n) is 7.86. The SMILES string of the molecule is Cc1ccc(C)c(NC(=O)C(C)CS(=O)(=O)N2CCNCC2)c1. The summed E-state index contributed by atoms with van der Waals surface area (Å²) in [6.45, 7) is 7.76. The lowest BCUT2D eigenvalue weighted by molar-refractivity contribution is -0.118. The molecule has 1 atom stereocenters. The highest BCUT2D eigenvalue weighted by molar-refractivity contribution is 7.89. The van der Waals surface area contributed by atoms with Gasteiger partial charge in [0.05, 0.1) is 11.7 Å². The number of piperazine rings is 1. The highest BCUT2D eigenvalue weighted by Gasteiger charge is 2.28. The summed E-state index contributed by atoms with van der Waals surface area (Å²) >= 11 is 0. The second-order valence-electron chi connectivity index (χ2n) is 6.14. The first-order chi connectivity index (χ1) is 10.8. The molecule has 1 amide bonds. The number of nitrogens with one attached hydrogen (secondary N) is 2. The zero-order valence-corrected chi connectivity index (χ0v) is 14.7. The standard InChI is InChI=1S/C16H25N3O3S/c1-12-4-5-13(2)15(10-12)18-16(20)14(3)11-23(21,22)19-8-6-17-7-9-19/h4-5,10,14,17H,6-9,11H2,1-3H3,(H,18,20). The van der Waals surface area contributed by atoms with Crippen molar-refractivity contribution in [3.05, 3.63) is 29.3 Å². The summed E-state index contributed by atoms with van der Waals surface area (Å²) in [5.41, 5.74) is 2.74. The van der Waals surface area contributed by atoms with Crippen molar-refractivity contribution in [3.63, 3.8) is 0 Å². The number of benzene rings is 1. The van der Waals surface area contributed by atoms with Crippen LogP contribution in [-0.2, 0) is 14.8 Å². The number of aryl methyl sites for hydroxylation is 2. The van der Waals surface area contributed by atoms with Crippen molar-refractivity contribution in [2.75, 3.05) is 37.2 Å². The quantitative estimate of drug-likeness (QED) is 0.842. The number of anilines is 1. The third-order valence-corrected chi connectivity index (χ3v) is 6.10. The molecule has 1 fully saturated rings. The van der Waals surface area contributed by atoms with Gasteiger partial charge in [0.2, 0.25) is 15.9 Å². The topological polar surface area (TPSA) is 78.5 Å². The maximum atomic E-state index is 12.4. The van der Waals surface area contributed by atoms with Gasteiger partial charge in [0, 0.05) is 31.9 Å². The largest absolute Gasteiger partial charge is 0.326 e. The summed E-state index contributed by atoms with van der Waals surface area (Å²) in [5, 5.41) is 5.96. The third-order valence-electron chi connectivity index (χ3n) is 4.03. The highest BCUT2D eigenvalue weighted by atomic mass is 32.2. The maximum absolute atomic E-state index is 12.4. The molecule has 1 unspecified atom stereocenters. The molecule has 1 saturated heterocycles. The molecule has 0 bridgehead atoms. The number of nitrogens with zero attached hydrogens (tertiary/aromatic N) is 1. The molecular weight excluding hydrogens is 314 g/mol. The van der Waals surface area contributed by atoms with Gasteiger partial charge in [-0.3, -0.25) is 4.79 Å². The van der Waals surface area contributed by atoms with Crippen molar-refractivity contribution in [3.8, 4) is 0 Å². The average molecular weight is 339 g/mol. The normalized spacial score (nSPS) is 17.7. The van der Waals surface area contributed by atoms with Crippen LogP contribution in [0.2, 0.25) is 0 Å². The Morgan fingerprint density at radius 1 is 1.30 bits per heavy atom. The lowest BCUT2D eigenvalue weighted by Crippen LogP contribution is -2.48. The Balaban J connectivity index is 2.00. The Bertz CT molecular complexity index is 667. The molecule has 2 N–H and O–H groups in total. The molecule has 6 nitrogen and oxygen atoms in total. The highest BCUT2D eigenvalue weighted by Crippen LogP contribution is 2.18. The molecule has 7 heteroatoms. The van der Waals surface area contributed by atoms with Crippen LogP contribution in [-0.4, -0.2) is 50.6 Å². The number of sulfonamides is 1. The van der Waals surface area contributed by atoms with E-state index in [4.69, 9.17) is 0 Å². The molecule has 0 saturated carbocycles. The van der Waals surface area contributed by atoms with Gasteiger partial charge in [0.1, 0.15) is 0 Å². The van der Waals surface area contributed by atoms with E-state index in [1.54, 1.807) is 6.92 Å². The molecule has 23 heavy (non-hydrogen) atoms. The van der Waals surface area contributed by atoms with Gasteiger partial charge in [-0.15, -0.1) is 0 Å². The minimum atomic E-state index is -3.41. The van der Waals surface area contributed by atoms with Crippen LogP contribution in [0.3, 0.4) is 0 Å². The predicted molar refractivity (Wildman–Crippen MR) is 91.9 cm³/mol. The smallest absolute Gasteiger partial charge is 0.228 e. The van der Waals surface area contributed by atoms with Crippen molar-refractivity contribution in [1.82, 2.24) is 9.62 Å². The molecular formula is C16H25N3O3S. The van der Waals surface area contributed by atoms with Gasteiger partial charge >= 0.3 is 0 Å². The molecule has 128 valence electrons. The Morgan fingerprint density at radius 2 is 1.96 bits per heavy atom. The summed E-state index contributed by atoms with van der Waals surface area (Å²) in [6, 6.07) is 5.81. The maximum Gasteiger partial charge on any atom is 0.228 e. The van der Waals surface area contributed by atoms with Crippen LogP contribution in [0, 0.1) is 19.8 Å². The van der Waals surface area contributed by atoms with Crippen molar-refractivity contribution in [2.45, 2.75) is 20.8 Å². The van der Waals surface area contributed by atoms with E-state index in [0.717, 1.165) is 16.8 Å². The zero-order chi connectivity index (χ0) is 17.0. The molecule has 1 aliphatic heterocycles. The van der Waals surface area contributed by atoms with E-state index in [2.05, 4.69) is 10.6 Å². The molecule has 1 aromatic rings. The summed E-state index contributed by atoms with van der Waals surface area (Å²) in [5.74, 6) is -1.03. The molecule has 2 rings (SSSR count). The Hall–Kier alpha value is -1.44. The van der Waals surface area contributed by atoms with Gasteiger partial charge in [-0.05, 0) is 31.0 Å². The van der Waals surface area contributed by atoms with Gasteiger partial charge in [0.15, 0.2) is 0 Å². The fraction of sp³-hybridized carbons (Fsp3) is 0.562. The van der Waals surface area contributed by atoms with Crippen LogP contribution in [0.25, 0.3) is 0 Å². The third kappa shape index (κ3) is 4.76. The van der Waals surface area contributed by atoms with E-state index >= 15 is 0 Å². The first kappa shape index (κ1) is 17.9. The predicted octanol–water partition coefficient (Wildman–Crippen LogP) is 1.11. The number of hydrogen-bond donors (Lipinski definition) is 2. The van der Waals surface area contributed by atoms with Crippen LogP contribution in [0.1, 0.15) is 18.1 Å². The number of amides is 1. The fourth-order valence-electron chi connectivity index (χ4n) is 2.55. The Morgan fingerprint density at radius 3 is 2.61 bits per heavy atom. The average Bonchev–Trinajstić information content (AvgIpc) is 2.51. The lowest BCUT2D eigenvalue weighted by Gasteiger charge is -2.27. The summed E-state index contributed by atoms with van der Waals surface area (Å²) in [4.78, 5) is 12.3. The minimum absolute atomic E-state index is 0.163. The number of carbonyl (C=O) groups is 1. The van der Waals surface area contributed by atoms with Crippen molar-refractivity contribution in [2.24, 2.45) is 5.92 Å². The van der Waals surface area contributed by atoms with Crippen molar-refractivity contribution >= 4 is 21.6 Å². The van der Waals surface area contributed by atoms with Crippen molar-refractivity contribution in [1.29, 1.82) is 0 Å². The summed E-state index contributed by atoms with van der Waals surface area (Å²) in [6.07, 6.45) is 0. The molecule has 1 aromatic carbocycles. The molecule has 0 spiro atoms. The van der Waals surface area contributed by atoms with E-state index in [9.17, 15) is 13.2 Å². The van der Waals surface area contributed by atoms with E-state index in [1.807, 2.05) is 32.0 Å². The molecule has 0 aromatic heterocycles. The molecule has 0 aliphatic carbocycles. The van der Waals surface area contributed by atoms with Gasteiger partial charge in [-0.2, -0.15) is 4.31 Å². The fourth-order valence-corrected chi connectivity index (χ4v) is 4.28. The Labute approximate surface area is 138 Å². The molecule has 0 radical (unpaired) electrons. The number of hydrogen-bond acceptors (Lipinski definition) is 4. The van der Waals surface area contributed by atoms with Crippen LogP contribution in [0.15, 0.2) is 18.2 Å². The number of rotatable bonds is 5. The monoisotopic (exact) mass is 339 g/mol. The molecule has 1 aliphatic rings. The number of carbonyl (C=O) groups excluding carboxylic acids is 1. The van der Waals surface area contributed by atoms with Crippen LogP contribution in [0.4, 0.5) is 5.69 Å². The minimum Gasteiger partial charge on any atom is -0.326 e. The van der Waals surface area contributed by atoms with Gasteiger partial charge < -0.3 is 10.6 Å². The van der Waals surface area contributed by atoms with Crippen LogP contribution in [0.5, 0.6) is 0 Å². The van der Waals surface area contributed by atoms with Gasteiger partial charge in [-0.1, -0.05) is 19.1 Å². The van der Waals surface area contributed by atoms with E-state index in [-0.39, 0.29) is 11.7 Å². The second kappa shape index (κ2) is 7.42. The first-order valence-corrected chi connectivity index (χ1v) is 9.47. The summed E-state index contributed by atoms with van der Waals surface area (Å²) in [7, 11) is -3.41. The van der Waals surface area contributed by atoms with Crippen molar-refractivity contribution < 1.29 is 13.2 Å². The lowest BCUT2D eigenvalue weighted by atomic mass is 10.1. The van der Waals surface area contributed by atoms with E-state index < -0.39 is 15.9 Å². The van der Waals surface area contributed by atoms with Gasteiger partial charge in [-0.25, -0.2) is 8.42 Å². The Kier molecular flexibility index (Phi) is 5.78. The van der Waals surface area contributed by atoms with E-state index in [0.29, 0.717) is 26.2 Å². The van der Waals surface area contributed by atoms with Gasteiger partial charge in [0.25, 0.3) is 0 Å². The zero-order valence-electron chi connectivity index (χ0n) is 13.9. The summed E-state index contributed by atoms with van der Waals surface area (Å²) < 4.78 is 26.2. The van der Waals surface area contributed by atoms with E-state index in [1.165, 1.54) is 4.31 Å².